The topological polar surface area (TPSA) is 99.6 Å². The standard InChI is InChI=1S/C23H20N4O3/c1-14(16-9-10-21(28)22(12-16)30-2)24-27-23(29)20-13-19(25-26-20)18-8-7-15-5-3-4-6-17(15)11-18/h3-13,28H,1-2H3,(H,25,26)(H,27,29). The molecule has 0 spiro atoms. The monoisotopic (exact) mass is 400 g/mol. The van der Waals surface area contributed by atoms with Crippen LogP contribution in [-0.2, 0) is 0 Å². The summed E-state index contributed by atoms with van der Waals surface area (Å²) in [5.41, 5.74) is 5.69. The van der Waals surface area contributed by atoms with Gasteiger partial charge in [0.05, 0.1) is 18.5 Å². The molecule has 3 aromatic carbocycles. The Kier molecular flexibility index (Phi) is 5.17. The van der Waals surface area contributed by atoms with E-state index >= 15 is 0 Å². The number of fused-ring (bicyclic) bond motifs is 1. The van der Waals surface area contributed by atoms with Crippen molar-refractivity contribution in [2.45, 2.75) is 6.92 Å². The molecule has 0 fully saturated rings. The van der Waals surface area contributed by atoms with Crippen molar-refractivity contribution in [3.05, 3.63) is 78.0 Å². The maximum atomic E-state index is 12.5. The van der Waals surface area contributed by atoms with E-state index in [4.69, 9.17) is 4.74 Å². The summed E-state index contributed by atoms with van der Waals surface area (Å²) in [6.45, 7) is 1.75. The molecular formula is C23H20N4O3. The fourth-order valence-corrected chi connectivity index (χ4v) is 3.10. The third-order valence-electron chi connectivity index (χ3n) is 4.79. The normalized spacial score (nSPS) is 11.5. The largest absolute Gasteiger partial charge is 0.504 e. The zero-order chi connectivity index (χ0) is 21.1. The van der Waals surface area contributed by atoms with Gasteiger partial charge in [-0.05, 0) is 48.0 Å². The third kappa shape index (κ3) is 3.86. The summed E-state index contributed by atoms with van der Waals surface area (Å²) in [4.78, 5) is 12.5. The van der Waals surface area contributed by atoms with Crippen molar-refractivity contribution in [3.8, 4) is 22.8 Å². The Morgan fingerprint density at radius 2 is 1.87 bits per heavy atom. The van der Waals surface area contributed by atoms with Crippen molar-refractivity contribution in [3.63, 3.8) is 0 Å². The van der Waals surface area contributed by atoms with E-state index in [9.17, 15) is 9.90 Å². The van der Waals surface area contributed by atoms with E-state index < -0.39 is 5.91 Å². The number of hydrogen-bond donors (Lipinski definition) is 3. The van der Waals surface area contributed by atoms with Gasteiger partial charge in [-0.1, -0.05) is 36.4 Å². The van der Waals surface area contributed by atoms with Gasteiger partial charge in [0.2, 0.25) is 0 Å². The number of ether oxygens (including phenoxy) is 1. The molecule has 1 amide bonds. The predicted octanol–water partition coefficient (Wildman–Crippen LogP) is 4.10. The number of aromatic hydroxyl groups is 1. The number of hydrogen-bond acceptors (Lipinski definition) is 5. The highest BCUT2D eigenvalue weighted by atomic mass is 16.5. The maximum Gasteiger partial charge on any atom is 0.289 e. The Morgan fingerprint density at radius 3 is 2.67 bits per heavy atom. The molecule has 0 saturated heterocycles. The van der Waals surface area contributed by atoms with Crippen LogP contribution >= 0.6 is 0 Å². The summed E-state index contributed by atoms with van der Waals surface area (Å²) in [5, 5.41) is 23.1. The number of aromatic amines is 1. The van der Waals surface area contributed by atoms with Gasteiger partial charge in [0, 0.05) is 11.1 Å². The first-order chi connectivity index (χ1) is 14.5. The van der Waals surface area contributed by atoms with Crippen molar-refractivity contribution >= 4 is 22.4 Å². The van der Waals surface area contributed by atoms with E-state index in [1.807, 2.05) is 42.5 Å². The Labute approximate surface area is 173 Å². The van der Waals surface area contributed by atoms with Gasteiger partial charge in [0.15, 0.2) is 11.5 Å². The van der Waals surface area contributed by atoms with Crippen LogP contribution in [0.3, 0.4) is 0 Å². The molecule has 7 heteroatoms. The van der Waals surface area contributed by atoms with Crippen LogP contribution in [0.25, 0.3) is 22.0 Å². The van der Waals surface area contributed by atoms with E-state index in [-0.39, 0.29) is 5.75 Å². The molecule has 0 aliphatic rings. The minimum atomic E-state index is -0.403. The second-order valence-corrected chi connectivity index (χ2v) is 6.75. The van der Waals surface area contributed by atoms with Gasteiger partial charge in [-0.2, -0.15) is 10.2 Å². The van der Waals surface area contributed by atoms with Gasteiger partial charge in [-0.3, -0.25) is 9.89 Å². The minimum Gasteiger partial charge on any atom is -0.504 e. The first-order valence-corrected chi connectivity index (χ1v) is 9.32. The maximum absolute atomic E-state index is 12.5. The lowest BCUT2D eigenvalue weighted by atomic mass is 10.1. The number of carbonyl (C=O) groups excluding carboxylic acids is 1. The van der Waals surface area contributed by atoms with Crippen LogP contribution in [0, 0.1) is 0 Å². The number of phenols is 1. The summed E-state index contributed by atoms with van der Waals surface area (Å²) in [6.07, 6.45) is 0. The molecule has 3 N–H and O–H groups in total. The van der Waals surface area contributed by atoms with Crippen LogP contribution in [0.2, 0.25) is 0 Å². The highest BCUT2D eigenvalue weighted by molar-refractivity contribution is 6.01. The van der Waals surface area contributed by atoms with Crippen LogP contribution in [0.15, 0.2) is 71.8 Å². The van der Waals surface area contributed by atoms with Gasteiger partial charge in [-0.15, -0.1) is 0 Å². The summed E-state index contributed by atoms with van der Waals surface area (Å²) in [5.74, 6) is -0.0293. The van der Waals surface area contributed by atoms with Gasteiger partial charge in [0.25, 0.3) is 5.91 Å². The molecule has 4 rings (SSSR count). The van der Waals surface area contributed by atoms with Crippen molar-refractivity contribution in [1.29, 1.82) is 0 Å². The Hall–Kier alpha value is -4.13. The average molecular weight is 400 g/mol. The number of carbonyl (C=O) groups is 1. The lowest BCUT2D eigenvalue weighted by Crippen LogP contribution is -2.19. The molecule has 4 aromatic rings. The van der Waals surface area contributed by atoms with Gasteiger partial charge in [-0.25, -0.2) is 5.43 Å². The number of phenolic OH excluding ortho intramolecular Hbond substituents is 1. The molecule has 1 aromatic heterocycles. The Bertz CT molecular complexity index is 1260. The second kappa shape index (κ2) is 8.08. The molecule has 0 aliphatic heterocycles. The highest BCUT2D eigenvalue weighted by Gasteiger charge is 2.12. The third-order valence-corrected chi connectivity index (χ3v) is 4.79. The summed E-state index contributed by atoms with van der Waals surface area (Å²) < 4.78 is 5.10. The lowest BCUT2D eigenvalue weighted by Gasteiger charge is -2.06. The molecule has 0 aliphatic carbocycles. The number of amides is 1. The molecule has 7 nitrogen and oxygen atoms in total. The number of hydrazone groups is 1. The summed E-state index contributed by atoms with van der Waals surface area (Å²) in [7, 11) is 1.47. The molecule has 0 atom stereocenters. The predicted molar refractivity (Wildman–Crippen MR) is 116 cm³/mol. The van der Waals surface area contributed by atoms with Crippen molar-refractivity contribution < 1.29 is 14.6 Å². The van der Waals surface area contributed by atoms with E-state index in [0.717, 1.165) is 16.3 Å². The fraction of sp³-hybridized carbons (Fsp3) is 0.0870. The second-order valence-electron chi connectivity index (χ2n) is 6.75. The van der Waals surface area contributed by atoms with Crippen LogP contribution in [-0.4, -0.2) is 34.0 Å². The molecule has 0 unspecified atom stereocenters. The van der Waals surface area contributed by atoms with Gasteiger partial charge in [0.1, 0.15) is 5.69 Å². The van der Waals surface area contributed by atoms with Gasteiger partial charge < -0.3 is 9.84 Å². The minimum absolute atomic E-state index is 0.0387. The van der Waals surface area contributed by atoms with Crippen LogP contribution < -0.4 is 10.2 Å². The molecular weight excluding hydrogens is 380 g/mol. The molecule has 0 radical (unpaired) electrons. The lowest BCUT2D eigenvalue weighted by molar-refractivity contribution is 0.0950. The first kappa shape index (κ1) is 19.2. The Morgan fingerprint density at radius 1 is 1.07 bits per heavy atom. The number of nitrogens with zero attached hydrogens (tertiary/aromatic N) is 2. The highest BCUT2D eigenvalue weighted by Crippen LogP contribution is 2.26. The molecule has 1 heterocycles. The quantitative estimate of drug-likeness (QED) is 0.347. The number of nitrogens with one attached hydrogen (secondary N) is 2. The molecule has 0 saturated carbocycles. The number of rotatable bonds is 5. The first-order valence-electron chi connectivity index (χ1n) is 9.32. The van der Waals surface area contributed by atoms with E-state index in [0.29, 0.717) is 28.4 Å². The number of methoxy groups -OCH3 is 1. The van der Waals surface area contributed by atoms with Crippen molar-refractivity contribution in [2.24, 2.45) is 5.10 Å². The fourth-order valence-electron chi connectivity index (χ4n) is 3.10. The van der Waals surface area contributed by atoms with Crippen LogP contribution in [0.1, 0.15) is 23.0 Å². The Balaban J connectivity index is 1.50. The number of H-pyrrole nitrogens is 1. The van der Waals surface area contributed by atoms with E-state index in [1.165, 1.54) is 13.2 Å². The zero-order valence-electron chi connectivity index (χ0n) is 16.5. The average Bonchev–Trinajstić information content (AvgIpc) is 3.27. The summed E-state index contributed by atoms with van der Waals surface area (Å²) in [6, 6.07) is 20.6. The number of benzene rings is 3. The van der Waals surface area contributed by atoms with Gasteiger partial charge >= 0.3 is 0 Å². The van der Waals surface area contributed by atoms with Crippen molar-refractivity contribution in [2.75, 3.05) is 7.11 Å². The van der Waals surface area contributed by atoms with E-state index in [1.54, 1.807) is 25.1 Å². The van der Waals surface area contributed by atoms with Crippen LogP contribution in [0.5, 0.6) is 11.5 Å². The zero-order valence-corrected chi connectivity index (χ0v) is 16.5. The molecule has 30 heavy (non-hydrogen) atoms. The molecule has 150 valence electrons. The van der Waals surface area contributed by atoms with E-state index in [2.05, 4.69) is 20.7 Å². The smallest absolute Gasteiger partial charge is 0.289 e. The van der Waals surface area contributed by atoms with Crippen molar-refractivity contribution in [1.82, 2.24) is 15.6 Å². The summed E-state index contributed by atoms with van der Waals surface area (Å²) >= 11 is 0. The number of aromatic nitrogens is 2. The van der Waals surface area contributed by atoms with Crippen LogP contribution in [0.4, 0.5) is 0 Å². The molecule has 0 bridgehead atoms. The SMILES string of the molecule is COc1cc(C(C)=NNC(=O)c2cc(-c3ccc4ccccc4c3)n[nH]2)ccc1O.